The number of thioether (sulfide) groups is 1. The van der Waals surface area contributed by atoms with E-state index in [2.05, 4.69) is 13.8 Å². The summed E-state index contributed by atoms with van der Waals surface area (Å²) in [5, 5.41) is 0.661. The van der Waals surface area contributed by atoms with Crippen molar-refractivity contribution in [1.82, 2.24) is 4.31 Å². The second-order valence-corrected chi connectivity index (χ2v) is 8.57. The number of hydrogen-bond donors (Lipinski definition) is 0. The number of rotatable bonds is 3. The third kappa shape index (κ3) is 3.24. The molecule has 19 heavy (non-hydrogen) atoms. The van der Waals surface area contributed by atoms with Gasteiger partial charge in [-0.2, -0.15) is 16.1 Å². The van der Waals surface area contributed by atoms with Crippen molar-refractivity contribution in [3.8, 4) is 5.75 Å². The van der Waals surface area contributed by atoms with Crippen molar-refractivity contribution in [3.05, 3.63) is 24.3 Å². The van der Waals surface area contributed by atoms with E-state index in [1.807, 2.05) is 11.8 Å². The lowest BCUT2D eigenvalue weighted by atomic mass is 10.3. The first-order chi connectivity index (χ1) is 8.93. The predicted octanol–water partition coefficient (Wildman–Crippen LogP) is 2.21. The number of hydrogen-bond acceptors (Lipinski definition) is 4. The molecule has 1 aromatic carbocycles. The minimum atomic E-state index is -3.39. The summed E-state index contributed by atoms with van der Waals surface area (Å²) in [4.78, 5) is 0.333. The molecule has 2 unspecified atom stereocenters. The van der Waals surface area contributed by atoms with Crippen molar-refractivity contribution in [2.24, 2.45) is 0 Å². The lowest BCUT2D eigenvalue weighted by Gasteiger charge is -2.33. The molecule has 0 radical (unpaired) electrons. The van der Waals surface area contributed by atoms with E-state index in [9.17, 15) is 8.42 Å². The maximum Gasteiger partial charge on any atom is 0.243 e. The lowest BCUT2D eigenvalue weighted by molar-refractivity contribution is 0.403. The number of methoxy groups -OCH3 is 1. The van der Waals surface area contributed by atoms with E-state index in [4.69, 9.17) is 4.74 Å². The zero-order chi connectivity index (χ0) is 14.0. The standard InChI is InChI=1S/C13H19NO3S2/c1-10-8-14(9-11(2)18-10)19(15,16)13-6-4-12(17-3)5-7-13/h4-7,10-11H,8-9H2,1-3H3. The van der Waals surface area contributed by atoms with Crippen molar-refractivity contribution in [1.29, 1.82) is 0 Å². The van der Waals surface area contributed by atoms with Crippen LogP contribution in [0.15, 0.2) is 29.2 Å². The average molecular weight is 301 g/mol. The second kappa shape index (κ2) is 5.73. The summed E-state index contributed by atoms with van der Waals surface area (Å²) in [7, 11) is -1.82. The largest absolute Gasteiger partial charge is 0.497 e. The Hall–Kier alpha value is -0.720. The van der Waals surface area contributed by atoms with Gasteiger partial charge >= 0.3 is 0 Å². The van der Waals surface area contributed by atoms with Crippen LogP contribution in [0.2, 0.25) is 0 Å². The molecule has 2 atom stereocenters. The molecule has 0 aromatic heterocycles. The summed E-state index contributed by atoms with van der Waals surface area (Å²) in [6, 6.07) is 6.56. The highest BCUT2D eigenvalue weighted by atomic mass is 32.2. The van der Waals surface area contributed by atoms with Gasteiger partial charge in [0.15, 0.2) is 0 Å². The molecule has 0 spiro atoms. The number of sulfonamides is 1. The first-order valence-electron chi connectivity index (χ1n) is 6.23. The van der Waals surface area contributed by atoms with Gasteiger partial charge in [0.05, 0.1) is 12.0 Å². The zero-order valence-corrected chi connectivity index (χ0v) is 13.0. The Morgan fingerprint density at radius 2 is 1.68 bits per heavy atom. The molecule has 1 heterocycles. The molecule has 0 saturated carbocycles. The van der Waals surface area contributed by atoms with Crippen molar-refractivity contribution in [3.63, 3.8) is 0 Å². The van der Waals surface area contributed by atoms with Gasteiger partial charge in [0.1, 0.15) is 5.75 Å². The monoisotopic (exact) mass is 301 g/mol. The molecule has 1 aliphatic heterocycles. The van der Waals surface area contributed by atoms with Crippen molar-refractivity contribution in [2.45, 2.75) is 29.2 Å². The highest BCUT2D eigenvalue weighted by Crippen LogP contribution is 2.29. The van der Waals surface area contributed by atoms with E-state index < -0.39 is 10.0 Å². The van der Waals surface area contributed by atoms with Crippen LogP contribution < -0.4 is 4.74 Å². The van der Waals surface area contributed by atoms with Crippen LogP contribution in [-0.2, 0) is 10.0 Å². The lowest BCUT2D eigenvalue weighted by Crippen LogP contribution is -2.43. The summed E-state index contributed by atoms with van der Waals surface area (Å²) < 4.78 is 31.7. The molecule has 4 nitrogen and oxygen atoms in total. The van der Waals surface area contributed by atoms with Gasteiger partial charge in [0.25, 0.3) is 0 Å². The molecular weight excluding hydrogens is 282 g/mol. The van der Waals surface area contributed by atoms with Crippen LogP contribution in [0.25, 0.3) is 0 Å². The van der Waals surface area contributed by atoms with Crippen LogP contribution in [0.1, 0.15) is 13.8 Å². The third-order valence-corrected chi connectivity index (χ3v) is 6.16. The molecule has 1 aromatic rings. The summed E-state index contributed by atoms with van der Waals surface area (Å²) >= 11 is 1.84. The molecule has 1 fully saturated rings. The fourth-order valence-corrected chi connectivity index (χ4v) is 5.36. The van der Waals surface area contributed by atoms with E-state index in [-0.39, 0.29) is 0 Å². The third-order valence-electron chi connectivity index (χ3n) is 3.08. The number of ether oxygens (including phenoxy) is 1. The molecule has 0 N–H and O–H groups in total. The minimum Gasteiger partial charge on any atom is -0.497 e. The minimum absolute atomic E-state index is 0.330. The number of benzene rings is 1. The average Bonchev–Trinajstić information content (AvgIpc) is 2.37. The van der Waals surface area contributed by atoms with Crippen LogP contribution in [0.5, 0.6) is 5.75 Å². The van der Waals surface area contributed by atoms with Crippen LogP contribution >= 0.6 is 11.8 Å². The fourth-order valence-electron chi connectivity index (χ4n) is 2.22. The van der Waals surface area contributed by atoms with Crippen molar-refractivity contribution >= 4 is 21.8 Å². The van der Waals surface area contributed by atoms with Crippen LogP contribution in [-0.4, -0.2) is 43.4 Å². The van der Waals surface area contributed by atoms with Crippen LogP contribution in [0.3, 0.4) is 0 Å². The SMILES string of the molecule is COc1ccc(S(=O)(=O)N2CC(C)SC(C)C2)cc1. The Balaban J connectivity index is 2.25. The Morgan fingerprint density at radius 1 is 1.16 bits per heavy atom. The highest BCUT2D eigenvalue weighted by molar-refractivity contribution is 8.00. The van der Waals surface area contributed by atoms with Gasteiger partial charge in [-0.25, -0.2) is 8.42 Å². The van der Waals surface area contributed by atoms with E-state index in [0.717, 1.165) is 0 Å². The summed E-state index contributed by atoms with van der Waals surface area (Å²) in [6.07, 6.45) is 0. The number of nitrogens with zero attached hydrogens (tertiary/aromatic N) is 1. The topological polar surface area (TPSA) is 46.6 Å². The zero-order valence-electron chi connectivity index (χ0n) is 11.4. The summed E-state index contributed by atoms with van der Waals surface area (Å²) in [5.41, 5.74) is 0. The first-order valence-corrected chi connectivity index (χ1v) is 8.61. The highest BCUT2D eigenvalue weighted by Gasteiger charge is 2.31. The van der Waals surface area contributed by atoms with E-state index in [0.29, 0.717) is 34.2 Å². The molecule has 2 rings (SSSR count). The normalized spacial score (nSPS) is 25.2. The molecule has 106 valence electrons. The van der Waals surface area contributed by atoms with E-state index in [1.165, 1.54) is 0 Å². The van der Waals surface area contributed by atoms with Crippen molar-refractivity contribution in [2.75, 3.05) is 20.2 Å². The predicted molar refractivity (Wildman–Crippen MR) is 78.3 cm³/mol. The van der Waals surface area contributed by atoms with Gasteiger partial charge in [-0.3, -0.25) is 0 Å². The maximum absolute atomic E-state index is 12.6. The van der Waals surface area contributed by atoms with Gasteiger partial charge < -0.3 is 4.74 Å². The van der Waals surface area contributed by atoms with E-state index in [1.54, 1.807) is 35.7 Å². The molecule has 6 heteroatoms. The molecule has 0 amide bonds. The summed E-state index contributed by atoms with van der Waals surface area (Å²) in [6.45, 7) is 5.28. The van der Waals surface area contributed by atoms with Gasteiger partial charge in [-0.15, -0.1) is 0 Å². The Labute approximate surface area is 119 Å². The molecule has 1 aliphatic rings. The van der Waals surface area contributed by atoms with E-state index >= 15 is 0 Å². The van der Waals surface area contributed by atoms with Gasteiger partial charge in [-0.05, 0) is 24.3 Å². The fraction of sp³-hybridized carbons (Fsp3) is 0.538. The second-order valence-electron chi connectivity index (χ2n) is 4.75. The van der Waals surface area contributed by atoms with Gasteiger partial charge in [-0.1, -0.05) is 13.8 Å². The Morgan fingerprint density at radius 3 is 2.16 bits per heavy atom. The van der Waals surface area contributed by atoms with Crippen LogP contribution in [0.4, 0.5) is 0 Å². The molecular formula is C13H19NO3S2. The quantitative estimate of drug-likeness (QED) is 0.859. The van der Waals surface area contributed by atoms with Crippen molar-refractivity contribution < 1.29 is 13.2 Å². The maximum atomic E-state index is 12.6. The van der Waals surface area contributed by atoms with Gasteiger partial charge in [0, 0.05) is 23.6 Å². The molecule has 1 saturated heterocycles. The van der Waals surface area contributed by atoms with Gasteiger partial charge in [0.2, 0.25) is 10.0 Å². The summed E-state index contributed by atoms with van der Waals surface area (Å²) in [5.74, 6) is 0.662. The molecule has 0 bridgehead atoms. The Bertz CT molecular complexity index is 517. The molecule has 0 aliphatic carbocycles. The Kier molecular flexibility index (Phi) is 4.43. The first kappa shape index (κ1) is 14.7. The van der Waals surface area contributed by atoms with Crippen LogP contribution in [0, 0.1) is 0 Å². The smallest absolute Gasteiger partial charge is 0.243 e.